The highest BCUT2D eigenvalue weighted by molar-refractivity contribution is 6.30. The maximum absolute atomic E-state index is 12.4. The van der Waals surface area contributed by atoms with Crippen molar-refractivity contribution in [2.45, 2.75) is 0 Å². The zero-order chi connectivity index (χ0) is 16.0. The molecule has 112 valence electrons. The molecule has 0 atom stereocenters. The molecule has 0 saturated carbocycles. The normalized spacial score (nSPS) is 13.0. The van der Waals surface area contributed by atoms with Gasteiger partial charge in [0.15, 0.2) is 0 Å². The maximum Gasteiger partial charge on any atom is 0.280 e. The molecule has 1 aliphatic heterocycles. The van der Waals surface area contributed by atoms with Crippen molar-refractivity contribution in [2.75, 3.05) is 5.84 Å². The third kappa shape index (κ3) is 1.83. The van der Waals surface area contributed by atoms with Crippen LogP contribution in [-0.4, -0.2) is 31.4 Å². The number of aromatic nitrogens is 3. The highest BCUT2D eigenvalue weighted by Crippen LogP contribution is 2.38. The van der Waals surface area contributed by atoms with E-state index in [0.29, 0.717) is 22.8 Å². The fraction of sp³-hybridized carbons (Fsp3) is 0. The van der Waals surface area contributed by atoms with Crippen LogP contribution >= 0.6 is 0 Å². The molecule has 0 bridgehead atoms. The van der Waals surface area contributed by atoms with E-state index in [4.69, 9.17) is 5.84 Å². The molecule has 0 saturated heterocycles. The zero-order valence-corrected chi connectivity index (χ0v) is 11.8. The number of aliphatic imine (C=N–C) groups is 1. The Morgan fingerprint density at radius 2 is 1.61 bits per heavy atom. The number of aromatic hydroxyl groups is 1. The Morgan fingerprint density at radius 3 is 2.22 bits per heavy atom. The summed E-state index contributed by atoms with van der Waals surface area (Å²) < 4.78 is 1.06. The van der Waals surface area contributed by atoms with Crippen LogP contribution in [0.15, 0.2) is 53.8 Å². The van der Waals surface area contributed by atoms with Crippen molar-refractivity contribution in [2.24, 2.45) is 4.99 Å². The van der Waals surface area contributed by atoms with Gasteiger partial charge in [-0.25, -0.2) is 9.67 Å². The highest BCUT2D eigenvalue weighted by Gasteiger charge is 2.36. The summed E-state index contributed by atoms with van der Waals surface area (Å²) >= 11 is 0. The smallest absolute Gasteiger partial charge is 0.280 e. The SMILES string of the molecule is Nn1c(O)c2c(c1-c1ccccn1)C(=O)N=C2c1ccccn1. The lowest BCUT2D eigenvalue weighted by molar-refractivity contribution is 0.101. The number of nitrogens with zero attached hydrogens (tertiary/aromatic N) is 4. The molecule has 0 radical (unpaired) electrons. The number of hydrogen-bond acceptors (Lipinski definition) is 5. The Labute approximate surface area is 130 Å². The molecular formula is C16H11N5O2. The molecule has 0 unspecified atom stereocenters. The molecular weight excluding hydrogens is 294 g/mol. The summed E-state index contributed by atoms with van der Waals surface area (Å²) in [6.45, 7) is 0. The minimum atomic E-state index is -0.471. The van der Waals surface area contributed by atoms with Gasteiger partial charge in [-0.2, -0.15) is 0 Å². The summed E-state index contributed by atoms with van der Waals surface area (Å²) in [4.78, 5) is 24.8. The lowest BCUT2D eigenvalue weighted by atomic mass is 10.0. The summed E-state index contributed by atoms with van der Waals surface area (Å²) in [5.74, 6) is 5.24. The van der Waals surface area contributed by atoms with Crippen LogP contribution in [0.1, 0.15) is 21.6 Å². The molecule has 7 nitrogen and oxygen atoms in total. The highest BCUT2D eigenvalue weighted by atomic mass is 16.3. The van der Waals surface area contributed by atoms with Gasteiger partial charge >= 0.3 is 0 Å². The van der Waals surface area contributed by atoms with Gasteiger partial charge < -0.3 is 10.9 Å². The van der Waals surface area contributed by atoms with E-state index in [9.17, 15) is 9.90 Å². The number of carbonyl (C=O) groups is 1. The first-order valence-corrected chi connectivity index (χ1v) is 6.87. The third-order valence-electron chi connectivity index (χ3n) is 3.66. The molecule has 4 rings (SSSR count). The van der Waals surface area contributed by atoms with Gasteiger partial charge in [0.2, 0.25) is 5.88 Å². The van der Waals surface area contributed by atoms with Crippen LogP contribution in [0.2, 0.25) is 0 Å². The number of pyridine rings is 2. The van der Waals surface area contributed by atoms with Gasteiger partial charge in [0.25, 0.3) is 5.91 Å². The predicted molar refractivity (Wildman–Crippen MR) is 83.7 cm³/mol. The van der Waals surface area contributed by atoms with Crippen LogP contribution in [0, 0.1) is 0 Å². The Morgan fingerprint density at radius 1 is 0.957 bits per heavy atom. The molecule has 4 heterocycles. The molecule has 0 aliphatic carbocycles. The maximum atomic E-state index is 12.4. The molecule has 0 aromatic carbocycles. The van der Waals surface area contributed by atoms with E-state index in [2.05, 4.69) is 15.0 Å². The second-order valence-corrected chi connectivity index (χ2v) is 4.99. The fourth-order valence-electron chi connectivity index (χ4n) is 2.67. The number of fused-ring (bicyclic) bond motifs is 1. The summed E-state index contributed by atoms with van der Waals surface area (Å²) in [7, 11) is 0. The van der Waals surface area contributed by atoms with Gasteiger partial charge in [0, 0.05) is 12.4 Å². The van der Waals surface area contributed by atoms with E-state index in [1.807, 2.05) is 0 Å². The van der Waals surface area contributed by atoms with E-state index < -0.39 is 5.91 Å². The van der Waals surface area contributed by atoms with Gasteiger partial charge in [0.05, 0.1) is 22.5 Å². The fourth-order valence-corrected chi connectivity index (χ4v) is 2.67. The van der Waals surface area contributed by atoms with Gasteiger partial charge in [-0.05, 0) is 24.3 Å². The second-order valence-electron chi connectivity index (χ2n) is 4.99. The molecule has 1 aliphatic rings. The summed E-state index contributed by atoms with van der Waals surface area (Å²) in [5.41, 5.74) is 2.15. The van der Waals surface area contributed by atoms with Gasteiger partial charge in [-0.15, -0.1) is 0 Å². The lowest BCUT2D eigenvalue weighted by Crippen LogP contribution is -2.12. The second kappa shape index (κ2) is 4.77. The minimum absolute atomic E-state index is 0.240. The molecule has 3 N–H and O–H groups in total. The van der Waals surface area contributed by atoms with Gasteiger partial charge in [-0.3, -0.25) is 14.8 Å². The first-order chi connectivity index (χ1) is 11.2. The number of nitrogens with two attached hydrogens (primary N) is 1. The third-order valence-corrected chi connectivity index (χ3v) is 3.66. The summed E-state index contributed by atoms with van der Waals surface area (Å²) in [6.07, 6.45) is 3.18. The molecule has 3 aromatic heterocycles. The number of rotatable bonds is 2. The van der Waals surface area contributed by atoms with E-state index in [1.165, 1.54) is 0 Å². The standard InChI is InChI=1S/C16H11N5O2/c17-21-14(10-6-2-4-8-19-10)12-11(16(21)23)13(20-15(12)22)9-5-1-3-7-18-9/h1-8,23H,17H2. The van der Waals surface area contributed by atoms with Crippen molar-refractivity contribution < 1.29 is 9.90 Å². The Kier molecular flexibility index (Phi) is 2.74. The molecule has 0 fully saturated rings. The van der Waals surface area contributed by atoms with Crippen LogP contribution in [-0.2, 0) is 0 Å². The van der Waals surface area contributed by atoms with Gasteiger partial charge in [0.1, 0.15) is 11.4 Å². The van der Waals surface area contributed by atoms with Crippen LogP contribution < -0.4 is 5.84 Å². The summed E-state index contributed by atoms with van der Waals surface area (Å²) in [6, 6.07) is 10.5. The lowest BCUT2D eigenvalue weighted by Gasteiger charge is -2.05. The van der Waals surface area contributed by atoms with Crippen LogP contribution in [0.3, 0.4) is 0 Å². The first-order valence-electron chi connectivity index (χ1n) is 6.87. The van der Waals surface area contributed by atoms with E-state index in [-0.39, 0.29) is 17.0 Å². The van der Waals surface area contributed by atoms with Crippen LogP contribution in [0.25, 0.3) is 11.4 Å². The van der Waals surface area contributed by atoms with Crippen molar-refractivity contribution >= 4 is 11.6 Å². The quantitative estimate of drug-likeness (QED) is 0.695. The minimum Gasteiger partial charge on any atom is -0.493 e. The van der Waals surface area contributed by atoms with Crippen LogP contribution in [0.4, 0.5) is 0 Å². The van der Waals surface area contributed by atoms with Crippen molar-refractivity contribution in [1.82, 2.24) is 14.6 Å². The van der Waals surface area contributed by atoms with Crippen molar-refractivity contribution in [1.29, 1.82) is 0 Å². The topological polar surface area (TPSA) is 106 Å². The van der Waals surface area contributed by atoms with Crippen LogP contribution in [0.5, 0.6) is 5.88 Å². The van der Waals surface area contributed by atoms with Crippen molar-refractivity contribution in [3.8, 4) is 17.3 Å². The number of amides is 1. The number of hydrogen-bond donors (Lipinski definition) is 2. The average Bonchev–Trinajstić information content (AvgIpc) is 3.06. The Hall–Kier alpha value is -3.48. The van der Waals surface area contributed by atoms with Crippen molar-refractivity contribution in [3.63, 3.8) is 0 Å². The molecule has 1 amide bonds. The number of nitrogen functional groups attached to an aromatic ring is 1. The molecule has 3 aromatic rings. The average molecular weight is 305 g/mol. The predicted octanol–water partition coefficient (Wildman–Crippen LogP) is 1.36. The molecule has 0 spiro atoms. The Bertz CT molecular complexity index is 946. The first kappa shape index (κ1) is 13.2. The summed E-state index contributed by atoms with van der Waals surface area (Å²) in [5, 5.41) is 10.4. The zero-order valence-electron chi connectivity index (χ0n) is 11.8. The molecule has 7 heteroatoms. The monoisotopic (exact) mass is 305 g/mol. The Balaban J connectivity index is 1.98. The number of carbonyl (C=O) groups excluding carboxylic acids is 1. The van der Waals surface area contributed by atoms with Crippen molar-refractivity contribution in [3.05, 3.63) is 65.6 Å². The van der Waals surface area contributed by atoms with Gasteiger partial charge in [-0.1, -0.05) is 12.1 Å². The van der Waals surface area contributed by atoms with E-state index >= 15 is 0 Å². The largest absolute Gasteiger partial charge is 0.493 e. The van der Waals surface area contributed by atoms with E-state index in [1.54, 1.807) is 48.8 Å². The van der Waals surface area contributed by atoms with E-state index in [0.717, 1.165) is 4.68 Å². The molecule has 23 heavy (non-hydrogen) atoms.